The van der Waals surface area contributed by atoms with E-state index in [9.17, 15) is 18.5 Å². The molecule has 0 atom stereocenters. The minimum Gasteiger partial charge on any atom is -0.486 e. The van der Waals surface area contributed by atoms with Crippen LogP contribution in [-0.2, 0) is 10.0 Å². The van der Waals surface area contributed by atoms with Gasteiger partial charge in [0, 0.05) is 17.2 Å². The van der Waals surface area contributed by atoms with Crippen LogP contribution in [0.5, 0.6) is 5.75 Å². The molecule has 0 spiro atoms. The molecule has 1 rings (SSSR count). The third-order valence-electron chi connectivity index (χ3n) is 1.74. The number of primary sulfonamides is 1. The van der Waals surface area contributed by atoms with E-state index >= 15 is 0 Å². The molecule has 0 saturated carbocycles. The van der Waals surface area contributed by atoms with Crippen LogP contribution in [0.2, 0.25) is 5.02 Å². The van der Waals surface area contributed by atoms with Crippen LogP contribution < -0.4 is 9.88 Å². The van der Waals surface area contributed by atoms with Crippen LogP contribution in [0.15, 0.2) is 18.2 Å². The molecule has 9 heteroatoms. The second kappa shape index (κ2) is 5.30. The Morgan fingerprint density at radius 3 is 2.65 bits per heavy atom. The summed E-state index contributed by atoms with van der Waals surface area (Å²) in [5.74, 6) is -0.525. The molecule has 0 radical (unpaired) electrons. The van der Waals surface area contributed by atoms with E-state index in [0.29, 0.717) is 0 Å². The first-order valence-electron chi connectivity index (χ1n) is 4.37. The van der Waals surface area contributed by atoms with Crippen molar-refractivity contribution in [3.05, 3.63) is 33.3 Å². The van der Waals surface area contributed by atoms with Gasteiger partial charge in [0.15, 0.2) is 5.75 Å². The van der Waals surface area contributed by atoms with Crippen molar-refractivity contribution in [3.63, 3.8) is 0 Å². The number of nitro groups is 1. The standard InChI is InChI=1S/C8H9ClN2O5S/c9-6-1-2-7(11(12)13)8(5-6)16-3-4-17(10,14)15/h1-2,5H,3-4H2,(H2,10,14,15). The van der Waals surface area contributed by atoms with Crippen molar-refractivity contribution < 1.29 is 18.1 Å². The van der Waals surface area contributed by atoms with Crippen LogP contribution in [0.25, 0.3) is 0 Å². The lowest BCUT2D eigenvalue weighted by atomic mass is 10.3. The predicted octanol–water partition coefficient (Wildman–Crippen LogP) is 0.915. The molecule has 0 heterocycles. The van der Waals surface area contributed by atoms with E-state index in [0.717, 1.165) is 0 Å². The fourth-order valence-corrected chi connectivity index (χ4v) is 1.50. The Hall–Kier alpha value is -1.38. The van der Waals surface area contributed by atoms with Gasteiger partial charge in [-0.05, 0) is 6.07 Å². The van der Waals surface area contributed by atoms with Gasteiger partial charge in [-0.25, -0.2) is 13.6 Å². The topological polar surface area (TPSA) is 113 Å². The number of sulfonamides is 1. The fourth-order valence-electron chi connectivity index (χ4n) is 1.02. The number of ether oxygens (including phenoxy) is 1. The van der Waals surface area contributed by atoms with E-state index in [1.165, 1.54) is 18.2 Å². The molecule has 0 aromatic heterocycles. The molecule has 0 aliphatic heterocycles. The Bertz CT molecular complexity index is 531. The minimum absolute atomic E-state index is 0.0915. The average molecular weight is 281 g/mol. The van der Waals surface area contributed by atoms with Gasteiger partial charge in [-0.1, -0.05) is 11.6 Å². The number of benzene rings is 1. The van der Waals surface area contributed by atoms with E-state index in [-0.39, 0.29) is 23.1 Å². The number of halogens is 1. The minimum atomic E-state index is -3.67. The van der Waals surface area contributed by atoms with Gasteiger partial charge in [0.1, 0.15) is 6.61 Å². The normalized spacial score (nSPS) is 11.2. The van der Waals surface area contributed by atoms with Gasteiger partial charge in [-0.3, -0.25) is 10.1 Å². The molecule has 2 N–H and O–H groups in total. The highest BCUT2D eigenvalue weighted by Gasteiger charge is 2.15. The Morgan fingerprint density at radius 1 is 1.47 bits per heavy atom. The van der Waals surface area contributed by atoms with E-state index in [1.807, 2.05) is 0 Å². The highest BCUT2D eigenvalue weighted by Crippen LogP contribution is 2.29. The molecule has 0 fully saturated rings. The van der Waals surface area contributed by atoms with E-state index in [2.05, 4.69) is 0 Å². The van der Waals surface area contributed by atoms with Crippen molar-refractivity contribution in [2.45, 2.75) is 0 Å². The predicted molar refractivity (Wildman–Crippen MR) is 61.6 cm³/mol. The van der Waals surface area contributed by atoms with Crippen LogP contribution in [0.1, 0.15) is 0 Å². The number of rotatable bonds is 5. The Labute approximate surface area is 102 Å². The Morgan fingerprint density at radius 2 is 2.12 bits per heavy atom. The first-order chi connectivity index (χ1) is 7.79. The quantitative estimate of drug-likeness (QED) is 0.636. The van der Waals surface area contributed by atoms with E-state index in [4.69, 9.17) is 21.5 Å². The van der Waals surface area contributed by atoms with Crippen molar-refractivity contribution in [2.24, 2.45) is 5.14 Å². The second-order valence-corrected chi connectivity index (χ2v) is 5.26. The van der Waals surface area contributed by atoms with E-state index in [1.54, 1.807) is 0 Å². The SMILES string of the molecule is NS(=O)(=O)CCOc1cc(Cl)ccc1[N+](=O)[O-]. The Balaban J connectivity index is 2.82. The summed E-state index contributed by atoms with van der Waals surface area (Å²) in [6, 6.07) is 3.75. The van der Waals surface area contributed by atoms with Crippen LogP contribution in [0, 0.1) is 10.1 Å². The summed E-state index contributed by atoms with van der Waals surface area (Å²) in [5.41, 5.74) is -0.288. The Kier molecular flexibility index (Phi) is 4.27. The largest absolute Gasteiger partial charge is 0.486 e. The first-order valence-corrected chi connectivity index (χ1v) is 6.46. The maximum Gasteiger partial charge on any atom is 0.311 e. The zero-order valence-corrected chi connectivity index (χ0v) is 10.1. The number of hydrogen-bond acceptors (Lipinski definition) is 5. The smallest absolute Gasteiger partial charge is 0.311 e. The van der Waals surface area contributed by atoms with Crippen LogP contribution in [0.3, 0.4) is 0 Å². The lowest BCUT2D eigenvalue weighted by molar-refractivity contribution is -0.385. The van der Waals surface area contributed by atoms with Crippen LogP contribution in [-0.4, -0.2) is 25.7 Å². The number of hydrogen-bond donors (Lipinski definition) is 1. The number of nitrogens with zero attached hydrogens (tertiary/aromatic N) is 1. The molecular weight excluding hydrogens is 272 g/mol. The molecule has 0 aliphatic carbocycles. The molecular formula is C8H9ClN2O5S. The van der Waals surface area contributed by atoms with Gasteiger partial charge in [0.2, 0.25) is 10.0 Å². The second-order valence-electron chi connectivity index (χ2n) is 3.08. The highest BCUT2D eigenvalue weighted by molar-refractivity contribution is 7.89. The molecule has 1 aromatic rings. The van der Waals surface area contributed by atoms with Gasteiger partial charge >= 0.3 is 5.69 Å². The summed E-state index contributed by atoms with van der Waals surface area (Å²) in [6.07, 6.45) is 0. The number of nitrogens with two attached hydrogens (primary N) is 1. The van der Waals surface area contributed by atoms with Crippen molar-refractivity contribution in [1.29, 1.82) is 0 Å². The monoisotopic (exact) mass is 280 g/mol. The maximum atomic E-state index is 10.6. The highest BCUT2D eigenvalue weighted by atomic mass is 35.5. The molecule has 1 aromatic carbocycles. The summed E-state index contributed by atoms with van der Waals surface area (Å²) < 4.78 is 26.3. The third kappa shape index (κ3) is 4.55. The van der Waals surface area contributed by atoms with Crippen molar-refractivity contribution in [1.82, 2.24) is 0 Å². The van der Waals surface area contributed by atoms with Crippen LogP contribution in [0.4, 0.5) is 5.69 Å². The molecule has 0 aliphatic rings. The summed E-state index contributed by atoms with van der Waals surface area (Å²) in [5, 5.41) is 15.6. The first kappa shape index (κ1) is 13.7. The zero-order chi connectivity index (χ0) is 13.1. The van der Waals surface area contributed by atoms with Gasteiger partial charge in [-0.2, -0.15) is 0 Å². The summed E-state index contributed by atoms with van der Waals surface area (Å²) in [6.45, 7) is -0.278. The maximum absolute atomic E-state index is 10.6. The zero-order valence-electron chi connectivity index (χ0n) is 8.50. The number of nitro benzene ring substituents is 1. The fraction of sp³-hybridized carbons (Fsp3) is 0.250. The molecule has 0 saturated heterocycles. The molecule has 94 valence electrons. The van der Waals surface area contributed by atoms with Crippen molar-refractivity contribution in [3.8, 4) is 5.75 Å². The lowest BCUT2D eigenvalue weighted by Crippen LogP contribution is -2.21. The van der Waals surface area contributed by atoms with Crippen molar-refractivity contribution in [2.75, 3.05) is 12.4 Å². The third-order valence-corrected chi connectivity index (χ3v) is 2.71. The summed E-state index contributed by atoms with van der Waals surface area (Å²) >= 11 is 5.64. The van der Waals surface area contributed by atoms with Gasteiger partial charge < -0.3 is 4.74 Å². The summed E-state index contributed by atoms with van der Waals surface area (Å²) in [4.78, 5) is 9.98. The van der Waals surface area contributed by atoms with Gasteiger partial charge in [0.25, 0.3) is 0 Å². The van der Waals surface area contributed by atoms with Gasteiger partial charge in [0.05, 0.1) is 10.7 Å². The molecule has 0 unspecified atom stereocenters. The molecule has 7 nitrogen and oxygen atoms in total. The van der Waals surface area contributed by atoms with Crippen LogP contribution >= 0.6 is 11.6 Å². The van der Waals surface area contributed by atoms with Gasteiger partial charge in [-0.15, -0.1) is 0 Å². The van der Waals surface area contributed by atoms with E-state index < -0.39 is 20.7 Å². The molecule has 0 amide bonds. The molecule has 0 bridgehead atoms. The lowest BCUT2D eigenvalue weighted by Gasteiger charge is -2.06. The average Bonchev–Trinajstić information content (AvgIpc) is 2.15. The molecule has 17 heavy (non-hydrogen) atoms. The summed E-state index contributed by atoms with van der Waals surface area (Å²) in [7, 11) is -3.67. The van der Waals surface area contributed by atoms with Crippen molar-refractivity contribution >= 4 is 27.3 Å².